The summed E-state index contributed by atoms with van der Waals surface area (Å²) in [6.07, 6.45) is 1.93. The number of aromatic nitrogens is 1. The van der Waals surface area contributed by atoms with E-state index in [0.717, 1.165) is 11.3 Å². The Kier molecular flexibility index (Phi) is 4.32. The first-order chi connectivity index (χ1) is 12.6. The van der Waals surface area contributed by atoms with E-state index in [1.54, 1.807) is 22.1 Å². The van der Waals surface area contributed by atoms with Crippen LogP contribution in [0.15, 0.2) is 48.7 Å². The van der Waals surface area contributed by atoms with E-state index in [1.807, 2.05) is 43.3 Å². The van der Waals surface area contributed by atoms with Gasteiger partial charge in [0.15, 0.2) is 0 Å². The van der Waals surface area contributed by atoms with Gasteiger partial charge in [-0.2, -0.15) is 0 Å². The number of ether oxygens (including phenoxy) is 1. The fraction of sp³-hybridized carbons (Fsp3) is 0.350. The Morgan fingerprint density at radius 1 is 1.12 bits per heavy atom. The van der Waals surface area contributed by atoms with E-state index < -0.39 is 0 Å². The lowest BCUT2D eigenvalue weighted by molar-refractivity contribution is -0.144. The summed E-state index contributed by atoms with van der Waals surface area (Å²) in [5.41, 5.74) is 2.00. The smallest absolute Gasteiger partial charge is 0.228 e. The van der Waals surface area contributed by atoms with Crippen molar-refractivity contribution < 1.29 is 14.3 Å². The summed E-state index contributed by atoms with van der Waals surface area (Å²) in [5, 5.41) is 0. The SMILES string of the molecule is Cc1ccc(N2CC(C(=O)N3CC(Oc4ccccn4)C3)CC2=O)cc1. The van der Waals surface area contributed by atoms with Crippen LogP contribution in [0.25, 0.3) is 0 Å². The van der Waals surface area contributed by atoms with Crippen molar-refractivity contribution in [3.8, 4) is 5.88 Å². The van der Waals surface area contributed by atoms with Crippen molar-refractivity contribution in [3.05, 3.63) is 54.2 Å². The average molecular weight is 351 g/mol. The minimum Gasteiger partial charge on any atom is -0.471 e. The molecule has 2 aliphatic rings. The van der Waals surface area contributed by atoms with Crippen molar-refractivity contribution in [1.29, 1.82) is 0 Å². The van der Waals surface area contributed by atoms with Crippen molar-refractivity contribution >= 4 is 17.5 Å². The first-order valence-electron chi connectivity index (χ1n) is 8.83. The van der Waals surface area contributed by atoms with Crippen molar-refractivity contribution in [2.75, 3.05) is 24.5 Å². The number of nitrogens with zero attached hydrogens (tertiary/aromatic N) is 3. The molecule has 2 fully saturated rings. The molecule has 4 rings (SSSR count). The minimum atomic E-state index is -0.278. The zero-order chi connectivity index (χ0) is 18.1. The fourth-order valence-electron chi connectivity index (χ4n) is 3.39. The van der Waals surface area contributed by atoms with E-state index in [1.165, 1.54) is 0 Å². The molecule has 6 heteroatoms. The molecule has 26 heavy (non-hydrogen) atoms. The highest BCUT2D eigenvalue weighted by molar-refractivity contribution is 6.00. The topological polar surface area (TPSA) is 62.7 Å². The normalized spacial score (nSPS) is 20.2. The van der Waals surface area contributed by atoms with Crippen molar-refractivity contribution in [1.82, 2.24) is 9.88 Å². The van der Waals surface area contributed by atoms with Crippen molar-refractivity contribution in [2.24, 2.45) is 5.92 Å². The predicted molar refractivity (Wildman–Crippen MR) is 96.9 cm³/mol. The van der Waals surface area contributed by atoms with E-state index in [-0.39, 0.29) is 30.3 Å². The molecule has 1 unspecified atom stereocenters. The zero-order valence-corrected chi connectivity index (χ0v) is 14.7. The van der Waals surface area contributed by atoms with Gasteiger partial charge in [-0.15, -0.1) is 0 Å². The van der Waals surface area contributed by atoms with Crippen LogP contribution in [0.3, 0.4) is 0 Å². The van der Waals surface area contributed by atoms with Crippen LogP contribution < -0.4 is 9.64 Å². The lowest BCUT2D eigenvalue weighted by Crippen LogP contribution is -2.57. The van der Waals surface area contributed by atoms with Gasteiger partial charge in [0.2, 0.25) is 17.7 Å². The highest BCUT2D eigenvalue weighted by atomic mass is 16.5. The summed E-state index contributed by atoms with van der Waals surface area (Å²) in [6.45, 7) is 3.55. The molecule has 2 aliphatic heterocycles. The molecular weight excluding hydrogens is 330 g/mol. The van der Waals surface area contributed by atoms with Gasteiger partial charge in [-0.25, -0.2) is 4.98 Å². The van der Waals surface area contributed by atoms with Gasteiger partial charge in [0, 0.05) is 30.9 Å². The van der Waals surface area contributed by atoms with Gasteiger partial charge in [0.25, 0.3) is 0 Å². The molecule has 0 N–H and O–H groups in total. The first-order valence-corrected chi connectivity index (χ1v) is 8.83. The second-order valence-corrected chi connectivity index (χ2v) is 6.89. The van der Waals surface area contributed by atoms with Crippen LogP contribution in [-0.4, -0.2) is 47.4 Å². The maximum atomic E-state index is 12.7. The Morgan fingerprint density at radius 2 is 1.88 bits per heavy atom. The largest absolute Gasteiger partial charge is 0.471 e. The van der Waals surface area contributed by atoms with Crippen LogP contribution in [0.5, 0.6) is 5.88 Å². The molecular formula is C20H21N3O3. The summed E-state index contributed by atoms with van der Waals surface area (Å²) in [7, 11) is 0. The summed E-state index contributed by atoms with van der Waals surface area (Å²) in [6, 6.07) is 13.3. The van der Waals surface area contributed by atoms with E-state index in [0.29, 0.717) is 25.5 Å². The fourth-order valence-corrected chi connectivity index (χ4v) is 3.39. The van der Waals surface area contributed by atoms with Gasteiger partial charge in [-0.1, -0.05) is 23.8 Å². The lowest BCUT2D eigenvalue weighted by atomic mass is 10.0. The molecule has 1 atom stereocenters. The van der Waals surface area contributed by atoms with E-state index in [9.17, 15) is 9.59 Å². The number of anilines is 1. The maximum Gasteiger partial charge on any atom is 0.228 e. The molecule has 2 amide bonds. The Labute approximate surface area is 152 Å². The number of likely N-dealkylation sites (tertiary alicyclic amines) is 1. The lowest BCUT2D eigenvalue weighted by Gasteiger charge is -2.39. The molecule has 6 nitrogen and oxygen atoms in total. The molecule has 0 spiro atoms. The van der Waals surface area contributed by atoms with Crippen molar-refractivity contribution in [2.45, 2.75) is 19.4 Å². The number of rotatable bonds is 4. The van der Waals surface area contributed by atoms with Crippen LogP contribution in [-0.2, 0) is 9.59 Å². The quantitative estimate of drug-likeness (QED) is 0.846. The summed E-state index contributed by atoms with van der Waals surface area (Å²) in [4.78, 5) is 32.6. The Hall–Kier alpha value is -2.89. The van der Waals surface area contributed by atoms with Crippen LogP contribution >= 0.6 is 0 Å². The number of carbonyl (C=O) groups is 2. The van der Waals surface area contributed by atoms with E-state index in [4.69, 9.17) is 4.74 Å². The van der Waals surface area contributed by atoms with Crippen LogP contribution in [0.4, 0.5) is 5.69 Å². The van der Waals surface area contributed by atoms with Crippen LogP contribution in [0, 0.1) is 12.8 Å². The molecule has 2 saturated heterocycles. The van der Waals surface area contributed by atoms with E-state index in [2.05, 4.69) is 4.98 Å². The van der Waals surface area contributed by atoms with Crippen LogP contribution in [0.1, 0.15) is 12.0 Å². The molecule has 2 aromatic rings. The molecule has 1 aromatic heterocycles. The molecule has 0 aliphatic carbocycles. The summed E-state index contributed by atoms with van der Waals surface area (Å²) in [5.74, 6) is 0.341. The number of carbonyl (C=O) groups excluding carboxylic acids is 2. The number of aryl methyl sites for hydroxylation is 1. The van der Waals surface area contributed by atoms with Gasteiger partial charge in [0.05, 0.1) is 19.0 Å². The number of hydrogen-bond acceptors (Lipinski definition) is 4. The molecule has 134 valence electrons. The second-order valence-electron chi connectivity index (χ2n) is 6.89. The highest BCUT2D eigenvalue weighted by Gasteiger charge is 2.41. The molecule has 3 heterocycles. The van der Waals surface area contributed by atoms with Gasteiger partial charge in [0.1, 0.15) is 6.10 Å². The number of pyridine rings is 1. The van der Waals surface area contributed by atoms with Gasteiger partial charge in [-0.3, -0.25) is 9.59 Å². The van der Waals surface area contributed by atoms with Gasteiger partial charge >= 0.3 is 0 Å². The Balaban J connectivity index is 1.32. The molecule has 0 bridgehead atoms. The monoisotopic (exact) mass is 351 g/mol. The van der Waals surface area contributed by atoms with Crippen molar-refractivity contribution in [3.63, 3.8) is 0 Å². The number of amides is 2. The predicted octanol–water partition coefficient (Wildman–Crippen LogP) is 2.03. The first kappa shape index (κ1) is 16.6. The number of hydrogen-bond donors (Lipinski definition) is 0. The summed E-state index contributed by atoms with van der Waals surface area (Å²) < 4.78 is 5.73. The average Bonchev–Trinajstić information content (AvgIpc) is 3.01. The number of benzene rings is 1. The van der Waals surface area contributed by atoms with Gasteiger partial charge in [-0.05, 0) is 25.1 Å². The standard InChI is InChI=1S/C20H21N3O3/c1-14-5-7-16(8-6-14)23-11-15(10-19(23)24)20(25)22-12-17(13-22)26-18-4-2-3-9-21-18/h2-9,15,17H,10-13H2,1H3. The van der Waals surface area contributed by atoms with E-state index >= 15 is 0 Å². The van der Waals surface area contributed by atoms with Gasteiger partial charge < -0.3 is 14.5 Å². The molecule has 1 aromatic carbocycles. The maximum absolute atomic E-state index is 12.7. The Bertz CT molecular complexity index is 801. The molecule has 0 radical (unpaired) electrons. The van der Waals surface area contributed by atoms with Crippen LogP contribution in [0.2, 0.25) is 0 Å². The second kappa shape index (κ2) is 6.78. The Morgan fingerprint density at radius 3 is 2.58 bits per heavy atom. The highest BCUT2D eigenvalue weighted by Crippen LogP contribution is 2.28. The molecule has 0 saturated carbocycles. The third kappa shape index (κ3) is 3.27. The minimum absolute atomic E-state index is 0.00834. The third-order valence-electron chi connectivity index (χ3n) is 4.90. The summed E-state index contributed by atoms with van der Waals surface area (Å²) >= 11 is 0. The zero-order valence-electron chi connectivity index (χ0n) is 14.7. The third-order valence-corrected chi connectivity index (χ3v) is 4.90.